The maximum Gasteiger partial charge on any atom is 0.123 e. The van der Waals surface area contributed by atoms with Gasteiger partial charge in [-0.1, -0.05) is 0 Å². The molecular weight excluding hydrogens is 253 g/mol. The predicted octanol–water partition coefficient (Wildman–Crippen LogP) is 2.75. The van der Waals surface area contributed by atoms with Crippen LogP contribution in [0.1, 0.15) is 18.1 Å². The van der Waals surface area contributed by atoms with Gasteiger partial charge in [0.25, 0.3) is 0 Å². The summed E-state index contributed by atoms with van der Waals surface area (Å²) in [6, 6.07) is 8.83. The fourth-order valence-corrected chi connectivity index (χ4v) is 2.28. The number of hydrogen-bond donors (Lipinski definition) is 1. The van der Waals surface area contributed by atoms with Crippen LogP contribution >= 0.6 is 0 Å². The summed E-state index contributed by atoms with van der Waals surface area (Å²) in [4.78, 5) is 6.11. The lowest BCUT2D eigenvalue weighted by atomic mass is 10.0. The van der Waals surface area contributed by atoms with Crippen LogP contribution in [0.25, 0.3) is 0 Å². The summed E-state index contributed by atoms with van der Waals surface area (Å²) in [6.45, 7) is 2.68. The number of aromatic nitrogens is 1. The Hall–Kier alpha value is -1.94. The minimum absolute atomic E-state index is 0.00451. The normalized spacial score (nSPS) is 12.2. The van der Waals surface area contributed by atoms with Gasteiger partial charge >= 0.3 is 0 Å². The number of halogens is 1. The average molecular weight is 273 g/mol. The lowest BCUT2D eigenvalue weighted by Crippen LogP contribution is -2.22. The van der Waals surface area contributed by atoms with Crippen molar-refractivity contribution in [1.82, 2.24) is 4.98 Å². The first kappa shape index (κ1) is 14.5. The molecule has 1 heterocycles. The highest BCUT2D eigenvalue weighted by atomic mass is 19.1. The van der Waals surface area contributed by atoms with Gasteiger partial charge in [0.2, 0.25) is 0 Å². The van der Waals surface area contributed by atoms with Gasteiger partial charge in [-0.2, -0.15) is 0 Å². The van der Waals surface area contributed by atoms with E-state index in [1.165, 1.54) is 11.6 Å². The summed E-state index contributed by atoms with van der Waals surface area (Å²) in [5.41, 5.74) is 8.97. The van der Waals surface area contributed by atoms with Crippen LogP contribution in [0.15, 0.2) is 42.7 Å². The van der Waals surface area contributed by atoms with Crippen LogP contribution in [0.2, 0.25) is 0 Å². The predicted molar refractivity (Wildman–Crippen MR) is 80.1 cm³/mol. The molecule has 1 aromatic carbocycles. The molecule has 3 nitrogen and oxygen atoms in total. The highest BCUT2D eigenvalue weighted by molar-refractivity contribution is 5.54. The third-order valence-electron chi connectivity index (χ3n) is 3.16. The molecule has 0 radical (unpaired) electrons. The molecule has 0 fully saturated rings. The SMILES string of the molecule is CC(N)Cc1cc(F)ccc1N(C)Cc1ccncc1. The van der Waals surface area contributed by atoms with Crippen molar-refractivity contribution in [2.24, 2.45) is 5.73 Å². The molecule has 0 saturated carbocycles. The van der Waals surface area contributed by atoms with E-state index in [0.29, 0.717) is 6.42 Å². The van der Waals surface area contributed by atoms with Crippen LogP contribution in [-0.2, 0) is 13.0 Å². The highest BCUT2D eigenvalue weighted by Gasteiger charge is 2.11. The number of pyridine rings is 1. The molecule has 0 aliphatic carbocycles. The fourth-order valence-electron chi connectivity index (χ4n) is 2.28. The van der Waals surface area contributed by atoms with Crippen LogP contribution in [-0.4, -0.2) is 18.1 Å². The van der Waals surface area contributed by atoms with Crippen molar-refractivity contribution in [2.75, 3.05) is 11.9 Å². The van der Waals surface area contributed by atoms with Gasteiger partial charge in [0.05, 0.1) is 0 Å². The van der Waals surface area contributed by atoms with E-state index in [0.717, 1.165) is 17.8 Å². The molecule has 1 unspecified atom stereocenters. The van der Waals surface area contributed by atoms with E-state index in [4.69, 9.17) is 5.73 Å². The fraction of sp³-hybridized carbons (Fsp3) is 0.312. The molecule has 106 valence electrons. The summed E-state index contributed by atoms with van der Waals surface area (Å²) >= 11 is 0. The van der Waals surface area contributed by atoms with Crippen molar-refractivity contribution in [3.05, 3.63) is 59.7 Å². The second kappa shape index (κ2) is 6.48. The van der Waals surface area contributed by atoms with E-state index in [-0.39, 0.29) is 11.9 Å². The third-order valence-corrected chi connectivity index (χ3v) is 3.16. The van der Waals surface area contributed by atoms with Crippen LogP contribution < -0.4 is 10.6 Å². The number of benzene rings is 1. The summed E-state index contributed by atoms with van der Waals surface area (Å²) in [7, 11) is 2.00. The Morgan fingerprint density at radius 1 is 1.25 bits per heavy atom. The van der Waals surface area contributed by atoms with Gasteiger partial charge in [0.1, 0.15) is 5.82 Å². The topological polar surface area (TPSA) is 42.1 Å². The molecule has 2 rings (SSSR count). The van der Waals surface area contributed by atoms with Crippen LogP contribution in [0, 0.1) is 5.82 Å². The smallest absolute Gasteiger partial charge is 0.123 e. The molecule has 20 heavy (non-hydrogen) atoms. The van der Waals surface area contributed by atoms with Crippen LogP contribution in [0.5, 0.6) is 0 Å². The van der Waals surface area contributed by atoms with Crippen molar-refractivity contribution < 1.29 is 4.39 Å². The monoisotopic (exact) mass is 273 g/mol. The van der Waals surface area contributed by atoms with E-state index in [1.54, 1.807) is 18.5 Å². The van der Waals surface area contributed by atoms with Crippen molar-refractivity contribution in [3.63, 3.8) is 0 Å². The Morgan fingerprint density at radius 3 is 2.60 bits per heavy atom. The van der Waals surface area contributed by atoms with Crippen LogP contribution in [0.3, 0.4) is 0 Å². The Morgan fingerprint density at radius 2 is 1.95 bits per heavy atom. The van der Waals surface area contributed by atoms with E-state index in [9.17, 15) is 4.39 Å². The van der Waals surface area contributed by atoms with Gasteiger partial charge in [-0.15, -0.1) is 0 Å². The lowest BCUT2D eigenvalue weighted by Gasteiger charge is -2.23. The number of hydrogen-bond acceptors (Lipinski definition) is 3. The van der Waals surface area contributed by atoms with Crippen molar-refractivity contribution in [1.29, 1.82) is 0 Å². The molecule has 2 aromatic rings. The van der Waals surface area contributed by atoms with E-state index in [2.05, 4.69) is 9.88 Å². The van der Waals surface area contributed by atoms with Crippen molar-refractivity contribution in [3.8, 4) is 0 Å². The van der Waals surface area contributed by atoms with E-state index < -0.39 is 0 Å². The number of rotatable bonds is 5. The molecule has 0 aliphatic rings. The average Bonchev–Trinajstić information content (AvgIpc) is 2.39. The molecule has 0 amide bonds. The standard InChI is InChI=1S/C16H20FN3/c1-12(18)9-14-10-15(17)3-4-16(14)20(2)11-13-5-7-19-8-6-13/h3-8,10,12H,9,11,18H2,1-2H3. The van der Waals surface area contributed by atoms with Gasteiger partial charge in [0.15, 0.2) is 0 Å². The van der Waals surface area contributed by atoms with Crippen LogP contribution in [0.4, 0.5) is 10.1 Å². The molecule has 0 aliphatic heterocycles. The minimum atomic E-state index is -0.221. The minimum Gasteiger partial charge on any atom is -0.370 e. The zero-order valence-electron chi connectivity index (χ0n) is 11.9. The third kappa shape index (κ3) is 3.78. The molecule has 2 N–H and O–H groups in total. The second-order valence-electron chi connectivity index (χ2n) is 5.17. The summed E-state index contributed by atoms with van der Waals surface area (Å²) in [5, 5.41) is 0. The molecule has 1 atom stereocenters. The van der Waals surface area contributed by atoms with Gasteiger partial charge in [-0.05, 0) is 54.8 Å². The Balaban J connectivity index is 2.22. The van der Waals surface area contributed by atoms with Gasteiger partial charge in [-0.3, -0.25) is 4.98 Å². The molecule has 0 saturated heterocycles. The van der Waals surface area contributed by atoms with Gasteiger partial charge in [-0.25, -0.2) is 4.39 Å². The first-order valence-corrected chi connectivity index (χ1v) is 6.70. The molecule has 4 heteroatoms. The van der Waals surface area contributed by atoms with Crippen molar-refractivity contribution in [2.45, 2.75) is 25.9 Å². The molecule has 0 bridgehead atoms. The molecular formula is C16H20FN3. The Bertz CT molecular complexity index is 555. The van der Waals surface area contributed by atoms with Crippen molar-refractivity contribution >= 4 is 5.69 Å². The van der Waals surface area contributed by atoms with Gasteiger partial charge in [0, 0.05) is 37.7 Å². The van der Waals surface area contributed by atoms with E-state index in [1.807, 2.05) is 32.2 Å². The number of nitrogens with zero attached hydrogens (tertiary/aromatic N) is 2. The molecule has 0 spiro atoms. The lowest BCUT2D eigenvalue weighted by molar-refractivity contribution is 0.622. The largest absolute Gasteiger partial charge is 0.370 e. The summed E-state index contributed by atoms with van der Waals surface area (Å²) in [5.74, 6) is -0.221. The zero-order valence-corrected chi connectivity index (χ0v) is 11.9. The maximum atomic E-state index is 13.4. The maximum absolute atomic E-state index is 13.4. The zero-order chi connectivity index (χ0) is 14.5. The summed E-state index contributed by atoms with van der Waals surface area (Å²) in [6.07, 6.45) is 4.21. The molecule has 1 aromatic heterocycles. The number of anilines is 1. The second-order valence-corrected chi connectivity index (χ2v) is 5.17. The summed E-state index contributed by atoms with van der Waals surface area (Å²) < 4.78 is 13.4. The van der Waals surface area contributed by atoms with Gasteiger partial charge < -0.3 is 10.6 Å². The Labute approximate surface area is 119 Å². The quantitative estimate of drug-likeness (QED) is 0.911. The Kier molecular flexibility index (Phi) is 4.69. The number of nitrogens with two attached hydrogens (primary N) is 1. The highest BCUT2D eigenvalue weighted by Crippen LogP contribution is 2.23. The first-order valence-electron chi connectivity index (χ1n) is 6.70. The van der Waals surface area contributed by atoms with E-state index >= 15 is 0 Å². The first-order chi connectivity index (χ1) is 9.56.